The first kappa shape index (κ1) is 19.2. The van der Waals surface area contributed by atoms with Crippen LogP contribution in [0.1, 0.15) is 39.5 Å². The van der Waals surface area contributed by atoms with Gasteiger partial charge in [0.05, 0.1) is 18.2 Å². The monoisotopic (exact) mass is 336 g/mol. The molecule has 136 valence electrons. The number of aliphatic hydroxyl groups is 1. The van der Waals surface area contributed by atoms with Gasteiger partial charge in [-0.05, 0) is 25.8 Å². The van der Waals surface area contributed by atoms with Crippen molar-refractivity contribution in [1.82, 2.24) is 14.7 Å². The fourth-order valence-electron chi connectivity index (χ4n) is 3.98. The van der Waals surface area contributed by atoms with Crippen LogP contribution in [-0.4, -0.2) is 83.7 Å². The second kappa shape index (κ2) is 8.28. The summed E-state index contributed by atoms with van der Waals surface area (Å²) in [5.74, 6) is 0.423. The van der Waals surface area contributed by atoms with Gasteiger partial charge in [0.1, 0.15) is 6.04 Å². The highest BCUT2D eigenvalue weighted by atomic mass is 16.3. The average molecular weight is 336 g/mol. The molecular formula is C18H32N4O2. The number of hydrogen-bond acceptors (Lipinski definition) is 5. The maximum absolute atomic E-state index is 12.5. The Kier molecular flexibility index (Phi) is 6.62. The molecule has 1 saturated heterocycles. The Hall–Kier alpha value is -1.16. The molecule has 0 spiro atoms. The molecule has 1 atom stereocenters. The van der Waals surface area contributed by atoms with Gasteiger partial charge in [-0.2, -0.15) is 5.26 Å². The highest BCUT2D eigenvalue weighted by molar-refractivity contribution is 5.78. The summed E-state index contributed by atoms with van der Waals surface area (Å²) in [4.78, 5) is 18.5. The Bertz CT molecular complexity index is 460. The lowest BCUT2D eigenvalue weighted by molar-refractivity contribution is -0.134. The lowest BCUT2D eigenvalue weighted by Gasteiger charge is -2.39. The molecule has 2 rings (SSSR count). The average Bonchev–Trinajstić information content (AvgIpc) is 2.94. The Balaban J connectivity index is 1.77. The van der Waals surface area contributed by atoms with Crippen molar-refractivity contribution in [2.75, 3.05) is 46.3 Å². The summed E-state index contributed by atoms with van der Waals surface area (Å²) < 4.78 is 0. The molecule has 2 aliphatic rings. The van der Waals surface area contributed by atoms with Gasteiger partial charge in [0.25, 0.3) is 0 Å². The maximum atomic E-state index is 12.5. The van der Waals surface area contributed by atoms with Crippen LogP contribution in [0.2, 0.25) is 0 Å². The first-order valence-electron chi connectivity index (χ1n) is 9.17. The Morgan fingerprint density at radius 2 is 1.83 bits per heavy atom. The normalized spacial score (nSPS) is 22.8. The van der Waals surface area contributed by atoms with Crippen molar-refractivity contribution in [3.63, 3.8) is 0 Å². The van der Waals surface area contributed by atoms with E-state index in [1.165, 1.54) is 0 Å². The summed E-state index contributed by atoms with van der Waals surface area (Å²) >= 11 is 0. The molecule has 1 saturated carbocycles. The molecule has 6 heteroatoms. The van der Waals surface area contributed by atoms with Crippen molar-refractivity contribution in [2.45, 2.75) is 51.2 Å². The van der Waals surface area contributed by atoms with Crippen LogP contribution in [0.4, 0.5) is 0 Å². The van der Waals surface area contributed by atoms with Crippen LogP contribution >= 0.6 is 0 Å². The molecule has 1 N–H and O–H groups in total. The molecule has 0 radical (unpaired) electrons. The highest BCUT2D eigenvalue weighted by Gasteiger charge is 2.33. The molecule has 1 amide bonds. The van der Waals surface area contributed by atoms with Crippen LogP contribution in [0.5, 0.6) is 0 Å². The van der Waals surface area contributed by atoms with Gasteiger partial charge in [0.2, 0.25) is 5.91 Å². The number of carbonyl (C=O) groups excluding carboxylic acids is 1. The largest absolute Gasteiger partial charge is 0.389 e. The summed E-state index contributed by atoms with van der Waals surface area (Å²) in [6, 6.07) is 2.31. The van der Waals surface area contributed by atoms with Crippen molar-refractivity contribution >= 4 is 5.91 Å². The topological polar surface area (TPSA) is 70.8 Å². The van der Waals surface area contributed by atoms with Gasteiger partial charge >= 0.3 is 0 Å². The van der Waals surface area contributed by atoms with E-state index in [0.717, 1.165) is 38.8 Å². The lowest BCUT2D eigenvalue weighted by Crippen LogP contribution is -2.54. The summed E-state index contributed by atoms with van der Waals surface area (Å²) in [6.07, 6.45) is 3.84. The van der Waals surface area contributed by atoms with Crippen molar-refractivity contribution in [3.8, 4) is 6.07 Å². The van der Waals surface area contributed by atoms with Crippen molar-refractivity contribution in [3.05, 3.63) is 0 Å². The smallest absolute Gasteiger partial charge is 0.236 e. The quantitative estimate of drug-likeness (QED) is 0.781. The van der Waals surface area contributed by atoms with Crippen LogP contribution in [0, 0.1) is 17.2 Å². The van der Waals surface area contributed by atoms with Gasteiger partial charge in [-0.1, -0.05) is 26.7 Å². The number of nitriles is 1. The van der Waals surface area contributed by atoms with Crippen LogP contribution < -0.4 is 0 Å². The first-order chi connectivity index (χ1) is 11.3. The number of nitrogens with zero attached hydrogens (tertiary/aromatic N) is 4. The fraction of sp³-hybridized carbons (Fsp3) is 0.889. The summed E-state index contributed by atoms with van der Waals surface area (Å²) in [7, 11) is 1.91. The van der Waals surface area contributed by atoms with E-state index in [-0.39, 0.29) is 11.9 Å². The molecule has 1 unspecified atom stereocenters. The van der Waals surface area contributed by atoms with Gasteiger partial charge in [-0.15, -0.1) is 0 Å². The molecule has 1 heterocycles. The van der Waals surface area contributed by atoms with Crippen LogP contribution in [0.3, 0.4) is 0 Å². The molecular weight excluding hydrogens is 304 g/mol. The molecule has 24 heavy (non-hydrogen) atoms. The minimum Gasteiger partial charge on any atom is -0.389 e. The zero-order valence-corrected chi connectivity index (χ0v) is 15.4. The molecule has 0 bridgehead atoms. The van der Waals surface area contributed by atoms with Crippen molar-refractivity contribution in [1.29, 1.82) is 5.26 Å². The lowest BCUT2D eigenvalue weighted by atomic mass is 10.0. The molecule has 6 nitrogen and oxygen atoms in total. The third-order valence-electron chi connectivity index (χ3n) is 5.33. The summed E-state index contributed by atoms with van der Waals surface area (Å²) in [6.45, 7) is 7.94. The SMILES string of the molecule is CC(C)C(C#N)N1CCN(C(=O)CN(C)CC2(O)CCCC2)CC1. The molecule has 1 aliphatic heterocycles. The molecule has 2 fully saturated rings. The Morgan fingerprint density at radius 1 is 1.25 bits per heavy atom. The number of piperazine rings is 1. The van der Waals surface area contributed by atoms with Gasteiger partial charge in [-0.3, -0.25) is 14.6 Å². The van der Waals surface area contributed by atoms with Gasteiger partial charge in [0.15, 0.2) is 0 Å². The third kappa shape index (κ3) is 4.92. The van der Waals surface area contributed by atoms with E-state index in [1.54, 1.807) is 0 Å². The zero-order chi connectivity index (χ0) is 17.7. The minimum atomic E-state index is -0.606. The standard InChI is InChI=1S/C18H32N4O2/c1-15(2)16(12-19)21-8-10-22(11-9-21)17(23)13-20(3)14-18(24)6-4-5-7-18/h15-16,24H,4-11,13-14H2,1-3H3. The molecule has 0 aromatic heterocycles. The second-order valence-corrected chi connectivity index (χ2v) is 7.84. The number of likely N-dealkylation sites (N-methyl/N-ethyl adjacent to an activating group) is 1. The van der Waals surface area contributed by atoms with Gasteiger partial charge in [-0.25, -0.2) is 0 Å². The van der Waals surface area contributed by atoms with Crippen molar-refractivity contribution < 1.29 is 9.90 Å². The van der Waals surface area contributed by atoms with Crippen LogP contribution in [0.25, 0.3) is 0 Å². The van der Waals surface area contributed by atoms with E-state index in [1.807, 2.05) is 16.8 Å². The number of hydrogen-bond donors (Lipinski definition) is 1. The summed E-state index contributed by atoms with van der Waals surface area (Å²) in [5.41, 5.74) is -0.606. The van der Waals surface area contributed by atoms with Crippen LogP contribution in [0.15, 0.2) is 0 Å². The third-order valence-corrected chi connectivity index (χ3v) is 5.33. The van der Waals surface area contributed by atoms with E-state index in [2.05, 4.69) is 24.8 Å². The van der Waals surface area contributed by atoms with Crippen molar-refractivity contribution in [2.24, 2.45) is 5.92 Å². The number of rotatable bonds is 6. The van der Waals surface area contributed by atoms with E-state index in [4.69, 9.17) is 0 Å². The highest BCUT2D eigenvalue weighted by Crippen LogP contribution is 2.29. The van der Waals surface area contributed by atoms with E-state index in [9.17, 15) is 15.2 Å². The first-order valence-corrected chi connectivity index (χ1v) is 9.17. The summed E-state index contributed by atoms with van der Waals surface area (Å²) in [5, 5.41) is 19.8. The minimum absolute atomic E-state index is 0.0680. The predicted molar refractivity (Wildman–Crippen MR) is 93.3 cm³/mol. The van der Waals surface area contributed by atoms with E-state index < -0.39 is 5.60 Å². The van der Waals surface area contributed by atoms with Gasteiger partial charge in [0, 0.05) is 32.7 Å². The Morgan fingerprint density at radius 3 is 2.33 bits per heavy atom. The predicted octanol–water partition coefficient (Wildman–Crippen LogP) is 0.916. The fourth-order valence-corrected chi connectivity index (χ4v) is 3.98. The zero-order valence-electron chi connectivity index (χ0n) is 15.4. The van der Waals surface area contributed by atoms with E-state index in [0.29, 0.717) is 32.1 Å². The van der Waals surface area contributed by atoms with Gasteiger partial charge < -0.3 is 10.0 Å². The number of amides is 1. The maximum Gasteiger partial charge on any atom is 0.236 e. The number of carbonyl (C=O) groups is 1. The molecule has 0 aromatic rings. The van der Waals surface area contributed by atoms with Crippen LogP contribution in [-0.2, 0) is 4.79 Å². The molecule has 1 aliphatic carbocycles. The van der Waals surface area contributed by atoms with E-state index >= 15 is 0 Å². The second-order valence-electron chi connectivity index (χ2n) is 7.84. The molecule has 0 aromatic carbocycles. The Labute approximate surface area is 146 Å².